The maximum atomic E-state index is 15.4. The van der Waals surface area contributed by atoms with Crippen LogP contribution in [0.3, 0.4) is 0 Å². The SMILES string of the molecule is Fc1[c]ccc(-c2c(Cl)cc(-c3c(F)cc(-c4ccc(-c5c(F)cccc5F)cc4Cl)cc3Cl)cc2Cl)c1. The number of halogens is 8. The predicted octanol–water partition coefficient (Wildman–Crippen LogP) is 11.3. The van der Waals surface area contributed by atoms with Gasteiger partial charge in [0.05, 0.1) is 20.6 Å². The van der Waals surface area contributed by atoms with Gasteiger partial charge in [0, 0.05) is 27.8 Å². The Balaban J connectivity index is 1.54. The summed E-state index contributed by atoms with van der Waals surface area (Å²) in [6.45, 7) is 0. The van der Waals surface area contributed by atoms with E-state index in [0.717, 1.165) is 12.1 Å². The first-order valence-corrected chi connectivity index (χ1v) is 12.6. The van der Waals surface area contributed by atoms with Gasteiger partial charge in [0.15, 0.2) is 0 Å². The van der Waals surface area contributed by atoms with Crippen LogP contribution in [0.25, 0.3) is 44.5 Å². The normalized spacial score (nSPS) is 11.2. The summed E-state index contributed by atoms with van der Waals surface area (Å²) in [5, 5.41) is 0.560. The van der Waals surface area contributed by atoms with E-state index in [-0.39, 0.29) is 36.8 Å². The molecule has 0 nitrogen and oxygen atoms in total. The first-order valence-electron chi connectivity index (χ1n) is 11.0. The van der Waals surface area contributed by atoms with Crippen molar-refractivity contribution in [3.8, 4) is 44.5 Å². The second-order valence-corrected chi connectivity index (χ2v) is 9.98. The molecule has 5 aromatic rings. The maximum absolute atomic E-state index is 15.4. The van der Waals surface area contributed by atoms with Crippen LogP contribution in [0.4, 0.5) is 17.6 Å². The fourth-order valence-corrected chi connectivity index (χ4v) is 5.58. The highest BCUT2D eigenvalue weighted by Gasteiger charge is 2.19. The average Bonchev–Trinajstić information content (AvgIpc) is 2.83. The van der Waals surface area contributed by atoms with E-state index in [0.29, 0.717) is 27.8 Å². The molecule has 0 unspecified atom stereocenters. The molecule has 0 aliphatic heterocycles. The molecule has 0 N–H and O–H groups in total. The van der Waals surface area contributed by atoms with Crippen LogP contribution in [0.5, 0.6) is 0 Å². The summed E-state index contributed by atoms with van der Waals surface area (Å²) in [6.07, 6.45) is 0. The number of rotatable bonds is 4. The summed E-state index contributed by atoms with van der Waals surface area (Å²) in [5.41, 5.74) is 1.98. The van der Waals surface area contributed by atoms with E-state index in [1.54, 1.807) is 6.07 Å². The summed E-state index contributed by atoms with van der Waals surface area (Å²) in [5.74, 6) is -2.71. The van der Waals surface area contributed by atoms with E-state index >= 15 is 4.39 Å². The molecular weight excluding hydrogens is 578 g/mol. The Bertz CT molecular complexity index is 1650. The zero-order valence-corrected chi connectivity index (χ0v) is 22.1. The standard InChI is InChI=1S/C30H13Cl4F4/c31-21-10-16(30-25(36)5-2-6-26(30)37)7-8-20(21)17-11-24(34)29(27(38)14-17)18-12-22(32)28(23(33)13-18)15-3-1-4-19(35)9-15/h1-3,5-14H. The third kappa shape index (κ3) is 5.02. The smallest absolute Gasteiger partial charge is 0.133 e. The lowest BCUT2D eigenvalue weighted by Gasteiger charge is -2.14. The number of hydrogen-bond donors (Lipinski definition) is 0. The molecule has 0 spiro atoms. The third-order valence-electron chi connectivity index (χ3n) is 5.96. The van der Waals surface area contributed by atoms with E-state index in [2.05, 4.69) is 6.07 Å². The van der Waals surface area contributed by atoms with Gasteiger partial charge in [-0.25, -0.2) is 17.6 Å². The van der Waals surface area contributed by atoms with Gasteiger partial charge in [0.1, 0.15) is 23.3 Å². The van der Waals surface area contributed by atoms with Crippen molar-refractivity contribution in [1.29, 1.82) is 0 Å². The lowest BCUT2D eigenvalue weighted by Crippen LogP contribution is -1.93. The van der Waals surface area contributed by atoms with Crippen LogP contribution in [-0.4, -0.2) is 0 Å². The zero-order chi connectivity index (χ0) is 27.1. The van der Waals surface area contributed by atoms with Gasteiger partial charge >= 0.3 is 0 Å². The highest BCUT2D eigenvalue weighted by molar-refractivity contribution is 6.40. The molecule has 0 saturated heterocycles. The maximum Gasteiger partial charge on any atom is 0.133 e. The van der Waals surface area contributed by atoms with Crippen molar-refractivity contribution in [3.05, 3.63) is 128 Å². The Morgan fingerprint density at radius 3 is 1.66 bits per heavy atom. The van der Waals surface area contributed by atoms with Gasteiger partial charge in [-0.1, -0.05) is 76.7 Å². The first kappa shape index (κ1) is 26.6. The van der Waals surface area contributed by atoms with Crippen LogP contribution in [0, 0.1) is 29.3 Å². The Hall–Kier alpha value is -3.02. The molecule has 0 saturated carbocycles. The van der Waals surface area contributed by atoms with Crippen LogP contribution in [0.1, 0.15) is 0 Å². The molecule has 0 bridgehead atoms. The second-order valence-electron chi connectivity index (χ2n) is 8.35. The van der Waals surface area contributed by atoms with Crippen molar-refractivity contribution in [2.24, 2.45) is 0 Å². The van der Waals surface area contributed by atoms with Crippen LogP contribution < -0.4 is 0 Å². The highest BCUT2D eigenvalue weighted by atomic mass is 35.5. The first-order chi connectivity index (χ1) is 18.1. The van der Waals surface area contributed by atoms with E-state index in [1.165, 1.54) is 60.7 Å². The largest absolute Gasteiger partial charge is 0.206 e. The van der Waals surface area contributed by atoms with Crippen LogP contribution >= 0.6 is 46.4 Å². The summed E-state index contributed by atoms with van der Waals surface area (Å²) in [6, 6.07) is 20.4. The van der Waals surface area contributed by atoms with E-state index in [9.17, 15) is 13.2 Å². The molecule has 5 aromatic carbocycles. The van der Waals surface area contributed by atoms with Gasteiger partial charge in [-0.2, -0.15) is 0 Å². The molecule has 5 rings (SSSR count). The molecule has 0 aliphatic carbocycles. The fraction of sp³-hybridized carbons (Fsp3) is 0. The quantitative estimate of drug-likeness (QED) is 0.183. The Morgan fingerprint density at radius 1 is 0.474 bits per heavy atom. The molecule has 8 heteroatoms. The van der Waals surface area contributed by atoms with Gasteiger partial charge in [0.25, 0.3) is 0 Å². The summed E-state index contributed by atoms with van der Waals surface area (Å²) in [4.78, 5) is 0. The van der Waals surface area contributed by atoms with Gasteiger partial charge in [-0.3, -0.25) is 0 Å². The Kier molecular flexibility index (Phi) is 7.43. The lowest BCUT2D eigenvalue weighted by molar-refractivity contribution is 0.589. The summed E-state index contributed by atoms with van der Waals surface area (Å²) >= 11 is 25.9. The van der Waals surface area contributed by atoms with Crippen molar-refractivity contribution in [2.45, 2.75) is 0 Å². The second kappa shape index (κ2) is 10.6. The van der Waals surface area contributed by atoms with E-state index in [1.807, 2.05) is 0 Å². The average molecular weight is 591 g/mol. The van der Waals surface area contributed by atoms with Crippen molar-refractivity contribution in [2.75, 3.05) is 0 Å². The molecule has 0 heterocycles. The van der Waals surface area contributed by atoms with Gasteiger partial charge in [-0.05, 0) is 70.8 Å². The van der Waals surface area contributed by atoms with Crippen molar-refractivity contribution >= 4 is 46.4 Å². The van der Waals surface area contributed by atoms with Gasteiger partial charge in [0.2, 0.25) is 0 Å². The summed E-state index contributed by atoms with van der Waals surface area (Å²) in [7, 11) is 0. The Labute approximate surface area is 236 Å². The predicted molar refractivity (Wildman–Crippen MR) is 147 cm³/mol. The molecule has 38 heavy (non-hydrogen) atoms. The van der Waals surface area contributed by atoms with Crippen LogP contribution in [0.15, 0.2) is 78.9 Å². The van der Waals surface area contributed by atoms with Crippen molar-refractivity contribution < 1.29 is 17.6 Å². The zero-order valence-electron chi connectivity index (χ0n) is 19.0. The molecule has 0 aliphatic rings. The molecule has 0 aromatic heterocycles. The minimum absolute atomic E-state index is 0.0551. The topological polar surface area (TPSA) is 0 Å². The summed E-state index contributed by atoms with van der Waals surface area (Å²) < 4.78 is 57.5. The number of benzene rings is 5. The molecular formula is C30H13Cl4F4. The van der Waals surface area contributed by atoms with Crippen molar-refractivity contribution in [3.63, 3.8) is 0 Å². The Morgan fingerprint density at radius 2 is 1.05 bits per heavy atom. The molecule has 1 radical (unpaired) electrons. The van der Waals surface area contributed by atoms with E-state index in [4.69, 9.17) is 46.4 Å². The van der Waals surface area contributed by atoms with Crippen LogP contribution in [0.2, 0.25) is 20.1 Å². The molecule has 189 valence electrons. The third-order valence-corrected chi connectivity index (χ3v) is 7.17. The van der Waals surface area contributed by atoms with Gasteiger partial charge in [-0.15, -0.1) is 0 Å². The monoisotopic (exact) mass is 589 g/mol. The van der Waals surface area contributed by atoms with E-state index < -0.39 is 23.3 Å². The van der Waals surface area contributed by atoms with Gasteiger partial charge < -0.3 is 0 Å². The molecule has 0 amide bonds. The highest BCUT2D eigenvalue weighted by Crippen LogP contribution is 2.43. The van der Waals surface area contributed by atoms with Crippen LogP contribution in [-0.2, 0) is 0 Å². The minimum Gasteiger partial charge on any atom is -0.206 e. The fourth-order valence-electron chi connectivity index (χ4n) is 4.27. The molecule has 0 fully saturated rings. The minimum atomic E-state index is -0.730. The lowest BCUT2D eigenvalue weighted by atomic mass is 9.96. The van der Waals surface area contributed by atoms with Crippen molar-refractivity contribution in [1.82, 2.24) is 0 Å². The molecule has 0 atom stereocenters. The number of hydrogen-bond acceptors (Lipinski definition) is 0.